The summed E-state index contributed by atoms with van der Waals surface area (Å²) in [6, 6.07) is 0.464. The molecule has 3 unspecified atom stereocenters. The third-order valence-corrected chi connectivity index (χ3v) is 3.68. The zero-order valence-electron chi connectivity index (χ0n) is 9.03. The Hall–Kier alpha value is -0.570. The Morgan fingerprint density at radius 3 is 2.71 bits per heavy atom. The Morgan fingerprint density at radius 2 is 2.07 bits per heavy atom. The number of carbonyl (C=O) groups is 1. The molecule has 80 valence electrons. The first-order chi connectivity index (χ1) is 6.74. The second-order valence-electron chi connectivity index (χ2n) is 4.46. The topological polar surface area (TPSA) is 29.5 Å². The summed E-state index contributed by atoms with van der Waals surface area (Å²) >= 11 is 0. The Balaban J connectivity index is 2.14. The van der Waals surface area contributed by atoms with E-state index in [4.69, 9.17) is 4.74 Å². The maximum atomic E-state index is 11.5. The summed E-state index contributed by atoms with van der Waals surface area (Å²) in [5.41, 5.74) is 0. The lowest BCUT2D eigenvalue weighted by Crippen LogP contribution is -2.42. The van der Waals surface area contributed by atoms with Crippen LogP contribution in [0.2, 0.25) is 0 Å². The predicted octanol–water partition coefficient (Wildman–Crippen LogP) is 1.77. The number of methoxy groups -OCH3 is 1. The Bertz CT molecular complexity index is 229. The highest BCUT2D eigenvalue weighted by atomic mass is 16.5. The number of carbonyl (C=O) groups excluding carboxylic acids is 1. The molecule has 1 amide bonds. The van der Waals surface area contributed by atoms with Crippen LogP contribution >= 0.6 is 0 Å². The molecule has 0 N–H and O–H groups in total. The third-order valence-electron chi connectivity index (χ3n) is 3.68. The molecule has 0 aromatic heterocycles. The predicted molar refractivity (Wildman–Crippen MR) is 53.7 cm³/mol. The van der Waals surface area contributed by atoms with Crippen LogP contribution in [0.1, 0.15) is 39.0 Å². The SMILES string of the molecule is COC1CC2CCCCC2N1C(C)=O. The molecule has 2 rings (SSSR count). The van der Waals surface area contributed by atoms with Gasteiger partial charge >= 0.3 is 0 Å². The van der Waals surface area contributed by atoms with E-state index in [1.165, 1.54) is 25.7 Å². The van der Waals surface area contributed by atoms with Crippen LogP contribution in [-0.4, -0.2) is 30.2 Å². The first-order valence-corrected chi connectivity index (χ1v) is 5.55. The van der Waals surface area contributed by atoms with Gasteiger partial charge in [0.05, 0.1) is 0 Å². The van der Waals surface area contributed by atoms with Crippen LogP contribution < -0.4 is 0 Å². The summed E-state index contributed by atoms with van der Waals surface area (Å²) in [4.78, 5) is 13.5. The molecule has 0 radical (unpaired) electrons. The van der Waals surface area contributed by atoms with E-state index in [-0.39, 0.29) is 12.1 Å². The molecule has 0 aromatic carbocycles. The molecular weight excluding hydrogens is 178 g/mol. The number of rotatable bonds is 1. The molecule has 1 saturated heterocycles. The van der Waals surface area contributed by atoms with Gasteiger partial charge in [-0.1, -0.05) is 12.8 Å². The molecule has 2 aliphatic rings. The van der Waals surface area contributed by atoms with Crippen molar-refractivity contribution in [1.29, 1.82) is 0 Å². The van der Waals surface area contributed by atoms with Crippen LogP contribution in [0.4, 0.5) is 0 Å². The molecule has 0 aromatic rings. The minimum absolute atomic E-state index is 0.0422. The van der Waals surface area contributed by atoms with Crippen molar-refractivity contribution < 1.29 is 9.53 Å². The number of amides is 1. The summed E-state index contributed by atoms with van der Waals surface area (Å²) in [5.74, 6) is 0.865. The lowest BCUT2D eigenvalue weighted by Gasteiger charge is -2.32. The van der Waals surface area contributed by atoms with Crippen molar-refractivity contribution in [3.8, 4) is 0 Å². The minimum Gasteiger partial charge on any atom is -0.362 e. The van der Waals surface area contributed by atoms with E-state index in [1.54, 1.807) is 14.0 Å². The van der Waals surface area contributed by atoms with E-state index >= 15 is 0 Å². The average molecular weight is 197 g/mol. The molecule has 1 saturated carbocycles. The highest BCUT2D eigenvalue weighted by Gasteiger charge is 2.43. The lowest BCUT2D eigenvalue weighted by molar-refractivity contribution is -0.141. The van der Waals surface area contributed by atoms with Crippen molar-refractivity contribution in [2.24, 2.45) is 5.92 Å². The second-order valence-corrected chi connectivity index (χ2v) is 4.46. The van der Waals surface area contributed by atoms with Gasteiger partial charge in [-0.3, -0.25) is 4.79 Å². The van der Waals surface area contributed by atoms with E-state index in [2.05, 4.69) is 0 Å². The van der Waals surface area contributed by atoms with Crippen molar-refractivity contribution in [1.82, 2.24) is 4.90 Å². The normalized spacial score (nSPS) is 37.0. The summed E-state index contributed by atoms with van der Waals surface area (Å²) in [5, 5.41) is 0. The molecule has 3 nitrogen and oxygen atoms in total. The van der Waals surface area contributed by atoms with Crippen LogP contribution in [0.15, 0.2) is 0 Å². The van der Waals surface area contributed by atoms with Crippen LogP contribution in [0.5, 0.6) is 0 Å². The van der Waals surface area contributed by atoms with Gasteiger partial charge in [0.2, 0.25) is 5.91 Å². The van der Waals surface area contributed by atoms with Gasteiger partial charge < -0.3 is 9.64 Å². The molecule has 0 spiro atoms. The number of likely N-dealkylation sites (tertiary alicyclic amines) is 1. The Kier molecular flexibility index (Phi) is 2.77. The molecule has 3 heteroatoms. The summed E-state index contributed by atoms with van der Waals surface area (Å²) in [6.07, 6.45) is 6.12. The van der Waals surface area contributed by atoms with E-state index < -0.39 is 0 Å². The van der Waals surface area contributed by atoms with Gasteiger partial charge in [-0.2, -0.15) is 0 Å². The van der Waals surface area contributed by atoms with Crippen LogP contribution in [-0.2, 0) is 9.53 Å². The first-order valence-electron chi connectivity index (χ1n) is 5.55. The largest absolute Gasteiger partial charge is 0.362 e. The monoisotopic (exact) mass is 197 g/mol. The molecule has 0 bridgehead atoms. The standard InChI is InChI=1S/C11H19NO2/c1-8(13)12-10-6-4-3-5-9(10)7-11(12)14-2/h9-11H,3-7H2,1-2H3. The zero-order valence-corrected chi connectivity index (χ0v) is 9.03. The van der Waals surface area contributed by atoms with Crippen molar-refractivity contribution in [3.63, 3.8) is 0 Å². The molecule has 3 atom stereocenters. The number of hydrogen-bond donors (Lipinski definition) is 0. The van der Waals surface area contributed by atoms with Gasteiger partial charge in [0.15, 0.2) is 0 Å². The fourth-order valence-corrected chi connectivity index (χ4v) is 3.06. The highest BCUT2D eigenvalue weighted by molar-refractivity contribution is 5.74. The lowest BCUT2D eigenvalue weighted by atomic mass is 9.85. The number of fused-ring (bicyclic) bond motifs is 1. The van der Waals surface area contributed by atoms with Gasteiger partial charge in [0.1, 0.15) is 6.23 Å². The fourth-order valence-electron chi connectivity index (χ4n) is 3.06. The molecule has 1 heterocycles. The molecule has 2 fully saturated rings. The van der Waals surface area contributed by atoms with Gasteiger partial charge in [-0.05, 0) is 25.2 Å². The number of ether oxygens (including phenoxy) is 1. The van der Waals surface area contributed by atoms with E-state index in [0.29, 0.717) is 12.0 Å². The van der Waals surface area contributed by atoms with Crippen LogP contribution in [0, 0.1) is 5.92 Å². The maximum Gasteiger partial charge on any atom is 0.221 e. The minimum atomic E-state index is 0.0422. The average Bonchev–Trinajstić information content (AvgIpc) is 2.55. The quantitative estimate of drug-likeness (QED) is 0.641. The van der Waals surface area contributed by atoms with Crippen LogP contribution in [0.25, 0.3) is 0 Å². The number of hydrogen-bond acceptors (Lipinski definition) is 2. The number of nitrogens with zero attached hydrogens (tertiary/aromatic N) is 1. The van der Waals surface area contributed by atoms with Gasteiger partial charge in [-0.15, -0.1) is 0 Å². The maximum absolute atomic E-state index is 11.5. The van der Waals surface area contributed by atoms with Crippen molar-refractivity contribution in [3.05, 3.63) is 0 Å². The van der Waals surface area contributed by atoms with Gasteiger partial charge in [-0.25, -0.2) is 0 Å². The molecular formula is C11H19NO2. The zero-order chi connectivity index (χ0) is 10.1. The highest BCUT2D eigenvalue weighted by Crippen LogP contribution is 2.39. The third kappa shape index (κ3) is 1.54. The summed E-state index contributed by atoms with van der Waals surface area (Å²) in [6.45, 7) is 1.66. The van der Waals surface area contributed by atoms with Crippen molar-refractivity contribution in [2.75, 3.05) is 7.11 Å². The fraction of sp³-hybridized carbons (Fsp3) is 0.909. The Morgan fingerprint density at radius 1 is 1.36 bits per heavy atom. The smallest absolute Gasteiger partial charge is 0.221 e. The summed E-state index contributed by atoms with van der Waals surface area (Å²) in [7, 11) is 1.71. The van der Waals surface area contributed by atoms with E-state index in [1.807, 2.05) is 4.90 Å². The van der Waals surface area contributed by atoms with Gasteiger partial charge in [0, 0.05) is 20.1 Å². The van der Waals surface area contributed by atoms with E-state index in [9.17, 15) is 4.79 Å². The summed E-state index contributed by atoms with van der Waals surface area (Å²) < 4.78 is 5.38. The molecule has 14 heavy (non-hydrogen) atoms. The van der Waals surface area contributed by atoms with Crippen LogP contribution in [0.3, 0.4) is 0 Å². The van der Waals surface area contributed by atoms with Gasteiger partial charge in [0.25, 0.3) is 0 Å². The van der Waals surface area contributed by atoms with Crippen molar-refractivity contribution >= 4 is 5.91 Å². The Labute approximate surface area is 85.4 Å². The van der Waals surface area contributed by atoms with E-state index in [0.717, 1.165) is 6.42 Å². The van der Waals surface area contributed by atoms with Crippen molar-refractivity contribution in [2.45, 2.75) is 51.3 Å². The molecule has 1 aliphatic carbocycles. The first kappa shape index (κ1) is 9.97. The second kappa shape index (κ2) is 3.89. The molecule has 1 aliphatic heterocycles.